The Kier molecular flexibility index (Phi) is 2.87. The van der Waals surface area contributed by atoms with Crippen LogP contribution >= 0.6 is 15.9 Å². The van der Waals surface area contributed by atoms with E-state index in [1.807, 2.05) is 0 Å². The smallest absolute Gasteiger partial charge is 0.169 e. The van der Waals surface area contributed by atoms with Gasteiger partial charge in [0.15, 0.2) is 10.4 Å². The van der Waals surface area contributed by atoms with Crippen molar-refractivity contribution in [3.8, 4) is 17.1 Å². The Morgan fingerprint density at radius 2 is 1.89 bits per heavy atom. The minimum atomic E-state index is -0.301. The van der Waals surface area contributed by atoms with E-state index in [0.29, 0.717) is 27.6 Å². The van der Waals surface area contributed by atoms with Crippen molar-refractivity contribution in [2.45, 2.75) is 0 Å². The van der Waals surface area contributed by atoms with Crippen LogP contribution in [0, 0.1) is 5.82 Å². The lowest BCUT2D eigenvalue weighted by molar-refractivity contribution is 0.553. The Balaban J connectivity index is 2.04. The average molecular weight is 322 g/mol. The van der Waals surface area contributed by atoms with E-state index in [1.165, 1.54) is 16.8 Å². The van der Waals surface area contributed by atoms with Crippen molar-refractivity contribution in [3.05, 3.63) is 53.0 Å². The summed E-state index contributed by atoms with van der Waals surface area (Å²) in [4.78, 5) is 0. The van der Waals surface area contributed by atoms with Crippen LogP contribution in [0.5, 0.6) is 0 Å². The molecule has 1 aromatic carbocycles. The highest BCUT2D eigenvalue weighted by molar-refractivity contribution is 9.10. The van der Waals surface area contributed by atoms with Crippen LogP contribution < -0.4 is 5.73 Å². The molecular formula is C13H9BrFN3O. The summed E-state index contributed by atoms with van der Waals surface area (Å²) < 4.78 is 20.5. The van der Waals surface area contributed by atoms with Crippen molar-refractivity contribution >= 4 is 21.7 Å². The molecule has 0 radical (unpaired) electrons. The summed E-state index contributed by atoms with van der Waals surface area (Å²) in [5.74, 6) is 0.762. The maximum absolute atomic E-state index is 12.9. The fraction of sp³-hybridized carbons (Fsp3) is 0. The molecule has 2 N–H and O–H groups in total. The molecule has 2 heterocycles. The Hall–Kier alpha value is -2.08. The third kappa shape index (κ3) is 2.26. The lowest BCUT2D eigenvalue weighted by Crippen LogP contribution is -2.01. The van der Waals surface area contributed by atoms with Crippen molar-refractivity contribution in [2.75, 3.05) is 5.73 Å². The molecule has 6 heteroatoms. The number of nitrogens with two attached hydrogens (primary N) is 1. The summed E-state index contributed by atoms with van der Waals surface area (Å²) in [5, 5.41) is 4.35. The molecule has 0 aliphatic carbocycles. The van der Waals surface area contributed by atoms with E-state index in [-0.39, 0.29) is 5.82 Å². The first-order valence-electron chi connectivity index (χ1n) is 5.51. The number of anilines is 1. The third-order valence-corrected chi connectivity index (χ3v) is 3.06. The third-order valence-electron chi connectivity index (χ3n) is 2.63. The summed E-state index contributed by atoms with van der Waals surface area (Å²) in [5.41, 5.74) is 7.22. The molecule has 2 aromatic heterocycles. The Morgan fingerprint density at radius 1 is 1.16 bits per heavy atom. The number of furan rings is 1. The van der Waals surface area contributed by atoms with Gasteiger partial charge < -0.3 is 10.2 Å². The molecule has 3 aromatic rings. The SMILES string of the molecule is Nc1cc(-c2ccc(Br)o2)nn1-c1ccc(F)cc1. The van der Waals surface area contributed by atoms with Gasteiger partial charge in [-0.25, -0.2) is 9.07 Å². The fourth-order valence-corrected chi connectivity index (χ4v) is 2.06. The number of hydrogen-bond acceptors (Lipinski definition) is 3. The zero-order chi connectivity index (χ0) is 13.4. The van der Waals surface area contributed by atoms with Crippen LogP contribution in [0.2, 0.25) is 0 Å². The molecule has 3 rings (SSSR count). The minimum Gasteiger partial charge on any atom is -0.448 e. The van der Waals surface area contributed by atoms with E-state index in [0.717, 1.165) is 0 Å². The lowest BCUT2D eigenvalue weighted by atomic mass is 10.3. The molecule has 0 atom stereocenters. The van der Waals surface area contributed by atoms with Crippen molar-refractivity contribution in [1.29, 1.82) is 0 Å². The molecule has 4 nitrogen and oxygen atoms in total. The van der Waals surface area contributed by atoms with Crippen LogP contribution in [-0.2, 0) is 0 Å². The first kappa shape index (κ1) is 12.0. The van der Waals surface area contributed by atoms with Crippen LogP contribution in [0.1, 0.15) is 0 Å². The first-order chi connectivity index (χ1) is 9.13. The lowest BCUT2D eigenvalue weighted by Gasteiger charge is -2.02. The van der Waals surface area contributed by atoms with Crippen LogP contribution in [0.3, 0.4) is 0 Å². The summed E-state index contributed by atoms with van der Waals surface area (Å²) in [6, 6.07) is 11.2. The van der Waals surface area contributed by atoms with Gasteiger partial charge in [0.05, 0.1) is 5.69 Å². The van der Waals surface area contributed by atoms with Gasteiger partial charge in [-0.3, -0.25) is 0 Å². The van der Waals surface area contributed by atoms with Crippen LogP contribution in [-0.4, -0.2) is 9.78 Å². The molecule has 0 amide bonds. The number of nitrogen functional groups attached to an aromatic ring is 1. The topological polar surface area (TPSA) is 57.0 Å². The van der Waals surface area contributed by atoms with Gasteiger partial charge in [0.2, 0.25) is 0 Å². The summed E-state index contributed by atoms with van der Waals surface area (Å²) in [6.45, 7) is 0. The van der Waals surface area contributed by atoms with E-state index in [9.17, 15) is 4.39 Å². The van der Waals surface area contributed by atoms with Gasteiger partial charge in [-0.1, -0.05) is 0 Å². The van der Waals surface area contributed by atoms with Gasteiger partial charge in [0.25, 0.3) is 0 Å². The van der Waals surface area contributed by atoms with Crippen LogP contribution in [0.4, 0.5) is 10.2 Å². The second-order valence-corrected chi connectivity index (χ2v) is 4.73. The molecule has 96 valence electrons. The van der Waals surface area contributed by atoms with Crippen molar-refractivity contribution < 1.29 is 8.81 Å². The predicted octanol–water partition coefficient (Wildman–Crippen LogP) is 3.62. The molecule has 0 saturated carbocycles. The zero-order valence-corrected chi connectivity index (χ0v) is 11.3. The Bertz CT molecular complexity index is 718. The highest BCUT2D eigenvalue weighted by atomic mass is 79.9. The van der Waals surface area contributed by atoms with Gasteiger partial charge in [0.1, 0.15) is 17.3 Å². The fourth-order valence-electron chi connectivity index (χ4n) is 1.76. The Morgan fingerprint density at radius 3 is 2.53 bits per heavy atom. The molecule has 0 spiro atoms. The number of hydrogen-bond donors (Lipinski definition) is 1. The normalized spacial score (nSPS) is 10.8. The molecule has 19 heavy (non-hydrogen) atoms. The predicted molar refractivity (Wildman–Crippen MR) is 73.3 cm³/mol. The number of halogens is 2. The van der Waals surface area contributed by atoms with Gasteiger partial charge in [0, 0.05) is 6.07 Å². The van der Waals surface area contributed by atoms with E-state index >= 15 is 0 Å². The minimum absolute atomic E-state index is 0.301. The van der Waals surface area contributed by atoms with Gasteiger partial charge in [-0.15, -0.1) is 0 Å². The van der Waals surface area contributed by atoms with Gasteiger partial charge >= 0.3 is 0 Å². The van der Waals surface area contributed by atoms with Crippen molar-refractivity contribution in [2.24, 2.45) is 0 Å². The number of rotatable bonds is 2. The highest BCUT2D eigenvalue weighted by Gasteiger charge is 2.11. The zero-order valence-electron chi connectivity index (χ0n) is 9.68. The van der Waals surface area contributed by atoms with E-state index in [2.05, 4.69) is 21.0 Å². The van der Waals surface area contributed by atoms with Crippen molar-refractivity contribution in [1.82, 2.24) is 9.78 Å². The van der Waals surface area contributed by atoms with Gasteiger partial charge in [-0.05, 0) is 52.3 Å². The summed E-state index contributed by atoms with van der Waals surface area (Å²) in [7, 11) is 0. The summed E-state index contributed by atoms with van der Waals surface area (Å²) in [6.07, 6.45) is 0. The molecule has 0 unspecified atom stereocenters. The maximum atomic E-state index is 12.9. The van der Waals surface area contributed by atoms with E-state index < -0.39 is 0 Å². The van der Waals surface area contributed by atoms with Crippen molar-refractivity contribution in [3.63, 3.8) is 0 Å². The second kappa shape index (κ2) is 4.55. The number of benzene rings is 1. The largest absolute Gasteiger partial charge is 0.448 e. The highest BCUT2D eigenvalue weighted by Crippen LogP contribution is 2.26. The van der Waals surface area contributed by atoms with E-state index in [1.54, 1.807) is 30.3 Å². The summed E-state index contributed by atoms with van der Waals surface area (Å²) >= 11 is 3.23. The first-order valence-corrected chi connectivity index (χ1v) is 6.30. The molecule has 0 fully saturated rings. The van der Waals surface area contributed by atoms with Crippen LogP contribution in [0.25, 0.3) is 17.1 Å². The second-order valence-electron chi connectivity index (χ2n) is 3.95. The number of nitrogens with zero attached hydrogens (tertiary/aromatic N) is 2. The molecule has 0 bridgehead atoms. The molecule has 0 aliphatic heterocycles. The van der Waals surface area contributed by atoms with Gasteiger partial charge in [-0.2, -0.15) is 5.10 Å². The Labute approximate surface area is 116 Å². The quantitative estimate of drug-likeness (QED) is 0.784. The maximum Gasteiger partial charge on any atom is 0.169 e. The average Bonchev–Trinajstić information content (AvgIpc) is 2.97. The molecule has 0 saturated heterocycles. The van der Waals surface area contributed by atoms with E-state index in [4.69, 9.17) is 10.2 Å². The monoisotopic (exact) mass is 321 g/mol. The van der Waals surface area contributed by atoms with Crippen LogP contribution in [0.15, 0.2) is 51.6 Å². The molecule has 0 aliphatic rings. The number of aromatic nitrogens is 2. The molecular weight excluding hydrogens is 313 g/mol. The standard InChI is InChI=1S/C13H9BrFN3O/c14-12-6-5-11(19-12)10-7-13(16)18(17-10)9-3-1-8(15)2-4-9/h1-7H,16H2.